The van der Waals surface area contributed by atoms with Crippen LogP contribution in [0.15, 0.2) is 45.7 Å². The summed E-state index contributed by atoms with van der Waals surface area (Å²) in [6.07, 6.45) is 0.285. The van der Waals surface area contributed by atoms with Crippen LogP contribution in [0.1, 0.15) is 11.3 Å². The Morgan fingerprint density at radius 1 is 1.10 bits per heavy atom. The van der Waals surface area contributed by atoms with E-state index in [0.717, 1.165) is 22.2 Å². The van der Waals surface area contributed by atoms with Crippen LogP contribution >= 0.6 is 15.9 Å². The van der Waals surface area contributed by atoms with Gasteiger partial charge in [-0.3, -0.25) is 4.79 Å². The topological polar surface area (TPSA) is 45.8 Å². The number of halogens is 3. The van der Waals surface area contributed by atoms with Crippen LogP contribution < -0.4 is 5.56 Å². The van der Waals surface area contributed by atoms with E-state index in [4.69, 9.17) is 0 Å². The van der Waals surface area contributed by atoms with Gasteiger partial charge < -0.3 is 0 Å². The first-order chi connectivity index (χ1) is 10.1. The molecule has 1 N–H and O–H groups in total. The number of aromatic amines is 1. The van der Waals surface area contributed by atoms with Gasteiger partial charge in [0.1, 0.15) is 11.6 Å². The number of benzene rings is 2. The van der Waals surface area contributed by atoms with E-state index in [1.807, 2.05) is 24.3 Å². The Hall–Kier alpha value is -2.08. The van der Waals surface area contributed by atoms with Crippen molar-refractivity contribution in [1.29, 1.82) is 0 Å². The van der Waals surface area contributed by atoms with Gasteiger partial charge in [-0.1, -0.05) is 28.1 Å². The predicted octanol–water partition coefficient (Wildman–Crippen LogP) is 3.55. The third kappa shape index (κ3) is 2.58. The number of fused-ring (bicyclic) bond motifs is 1. The smallest absolute Gasteiger partial charge is 0.267 e. The molecule has 106 valence electrons. The van der Waals surface area contributed by atoms with E-state index in [0.29, 0.717) is 5.69 Å². The fourth-order valence-corrected chi connectivity index (χ4v) is 2.70. The second-order valence-electron chi connectivity index (χ2n) is 4.59. The Bertz CT molecular complexity index is 892. The number of nitrogens with zero attached hydrogens (tertiary/aromatic N) is 1. The van der Waals surface area contributed by atoms with Gasteiger partial charge in [0.2, 0.25) is 0 Å². The van der Waals surface area contributed by atoms with Gasteiger partial charge >= 0.3 is 0 Å². The average Bonchev–Trinajstić information content (AvgIpc) is 2.45. The van der Waals surface area contributed by atoms with Crippen molar-refractivity contribution in [2.75, 3.05) is 0 Å². The maximum atomic E-state index is 14.0. The summed E-state index contributed by atoms with van der Waals surface area (Å²) in [7, 11) is 0. The molecule has 0 fully saturated rings. The lowest BCUT2D eigenvalue weighted by atomic mass is 10.0. The minimum Gasteiger partial charge on any atom is -0.267 e. The van der Waals surface area contributed by atoms with E-state index in [1.165, 1.54) is 0 Å². The van der Waals surface area contributed by atoms with Crippen LogP contribution in [0.4, 0.5) is 8.78 Å². The van der Waals surface area contributed by atoms with E-state index >= 15 is 0 Å². The van der Waals surface area contributed by atoms with Gasteiger partial charge in [0.25, 0.3) is 5.56 Å². The minimum atomic E-state index is -0.759. The lowest BCUT2D eigenvalue weighted by Crippen LogP contribution is -2.14. The number of aromatic nitrogens is 2. The molecule has 0 aliphatic rings. The molecule has 0 aliphatic heterocycles. The number of hydrogen-bond acceptors (Lipinski definition) is 2. The SMILES string of the molecule is O=c1[nH]nc(Cc2cccc(Br)c2)c2c(F)ccc(F)c12. The summed E-state index contributed by atoms with van der Waals surface area (Å²) in [5.74, 6) is -1.42. The molecule has 0 unspecified atom stereocenters. The summed E-state index contributed by atoms with van der Waals surface area (Å²) in [5, 5.41) is 5.73. The van der Waals surface area contributed by atoms with E-state index in [1.54, 1.807) is 0 Å². The highest BCUT2D eigenvalue weighted by Gasteiger charge is 2.15. The largest absolute Gasteiger partial charge is 0.275 e. The highest BCUT2D eigenvalue weighted by molar-refractivity contribution is 9.10. The number of rotatable bonds is 2. The predicted molar refractivity (Wildman–Crippen MR) is 79.2 cm³/mol. The molecule has 0 amide bonds. The van der Waals surface area contributed by atoms with Crippen molar-refractivity contribution in [3.05, 3.63) is 74.1 Å². The number of nitrogens with one attached hydrogen (secondary N) is 1. The van der Waals surface area contributed by atoms with Crippen LogP contribution in [0.25, 0.3) is 10.8 Å². The van der Waals surface area contributed by atoms with Gasteiger partial charge in [0, 0.05) is 16.3 Å². The zero-order valence-electron chi connectivity index (χ0n) is 10.7. The zero-order chi connectivity index (χ0) is 15.0. The van der Waals surface area contributed by atoms with Gasteiger partial charge in [-0.05, 0) is 29.8 Å². The molecule has 0 spiro atoms. The quantitative estimate of drug-likeness (QED) is 0.768. The van der Waals surface area contributed by atoms with E-state index in [9.17, 15) is 13.6 Å². The third-order valence-electron chi connectivity index (χ3n) is 3.17. The molecule has 21 heavy (non-hydrogen) atoms. The molecule has 0 saturated carbocycles. The Labute approximate surface area is 126 Å². The molecule has 0 saturated heterocycles. The monoisotopic (exact) mass is 350 g/mol. The molecular formula is C15H9BrF2N2O. The molecule has 2 aromatic carbocycles. The van der Waals surface area contributed by atoms with E-state index in [-0.39, 0.29) is 17.2 Å². The lowest BCUT2D eigenvalue weighted by Gasteiger charge is -2.07. The van der Waals surface area contributed by atoms with E-state index < -0.39 is 17.2 Å². The lowest BCUT2D eigenvalue weighted by molar-refractivity contribution is 0.614. The van der Waals surface area contributed by atoms with Crippen molar-refractivity contribution >= 4 is 26.7 Å². The van der Waals surface area contributed by atoms with Crippen molar-refractivity contribution in [3.63, 3.8) is 0 Å². The average molecular weight is 351 g/mol. The maximum absolute atomic E-state index is 14.0. The molecule has 1 heterocycles. The van der Waals surface area contributed by atoms with Crippen LogP contribution in [-0.2, 0) is 6.42 Å². The molecule has 3 aromatic rings. The second-order valence-corrected chi connectivity index (χ2v) is 5.50. The maximum Gasteiger partial charge on any atom is 0.275 e. The number of H-pyrrole nitrogens is 1. The standard InChI is InChI=1S/C15H9BrF2N2O/c16-9-3-1-2-8(6-9)7-12-13-10(17)4-5-11(18)14(13)15(21)20-19-12/h1-6H,7H2,(H,20,21). The molecule has 3 nitrogen and oxygen atoms in total. The zero-order valence-corrected chi connectivity index (χ0v) is 12.2. The summed E-state index contributed by atoms with van der Waals surface area (Å²) in [4.78, 5) is 11.7. The molecule has 0 bridgehead atoms. The molecule has 3 rings (SSSR count). The third-order valence-corrected chi connectivity index (χ3v) is 3.67. The van der Waals surface area contributed by atoms with Gasteiger partial charge in [-0.15, -0.1) is 0 Å². The minimum absolute atomic E-state index is 0.0706. The fraction of sp³-hybridized carbons (Fsp3) is 0.0667. The molecule has 0 aliphatic carbocycles. The molecular weight excluding hydrogens is 342 g/mol. The molecule has 1 aromatic heterocycles. The first kappa shape index (κ1) is 13.9. The van der Waals surface area contributed by atoms with Crippen molar-refractivity contribution in [2.45, 2.75) is 6.42 Å². The van der Waals surface area contributed by atoms with Crippen molar-refractivity contribution in [3.8, 4) is 0 Å². The summed E-state index contributed by atoms with van der Waals surface area (Å²) >= 11 is 3.35. The second kappa shape index (κ2) is 5.37. The molecule has 6 heteroatoms. The van der Waals surface area contributed by atoms with Crippen molar-refractivity contribution in [2.24, 2.45) is 0 Å². The van der Waals surface area contributed by atoms with Crippen LogP contribution in [0.2, 0.25) is 0 Å². The molecule has 0 atom stereocenters. The first-order valence-corrected chi connectivity index (χ1v) is 6.95. The highest BCUT2D eigenvalue weighted by Crippen LogP contribution is 2.23. The Morgan fingerprint density at radius 3 is 2.52 bits per heavy atom. The van der Waals surface area contributed by atoms with Crippen LogP contribution in [0, 0.1) is 11.6 Å². The van der Waals surface area contributed by atoms with Crippen LogP contribution in [-0.4, -0.2) is 10.2 Å². The Kier molecular flexibility index (Phi) is 3.55. The summed E-state index contributed by atoms with van der Waals surface area (Å²) < 4.78 is 28.7. The van der Waals surface area contributed by atoms with Crippen LogP contribution in [0.3, 0.4) is 0 Å². The highest BCUT2D eigenvalue weighted by atomic mass is 79.9. The van der Waals surface area contributed by atoms with Crippen molar-refractivity contribution in [1.82, 2.24) is 10.2 Å². The Balaban J connectivity index is 2.22. The number of hydrogen-bond donors (Lipinski definition) is 1. The van der Waals surface area contributed by atoms with Crippen molar-refractivity contribution < 1.29 is 8.78 Å². The van der Waals surface area contributed by atoms with Gasteiger partial charge in [-0.25, -0.2) is 13.9 Å². The fourth-order valence-electron chi connectivity index (χ4n) is 2.25. The summed E-state index contributed by atoms with van der Waals surface area (Å²) in [6.45, 7) is 0. The van der Waals surface area contributed by atoms with E-state index in [2.05, 4.69) is 26.1 Å². The van der Waals surface area contributed by atoms with Gasteiger partial charge in [-0.2, -0.15) is 5.10 Å². The normalized spacial score (nSPS) is 11.0. The first-order valence-electron chi connectivity index (χ1n) is 6.16. The van der Waals surface area contributed by atoms with Gasteiger partial charge in [0.15, 0.2) is 0 Å². The summed E-state index contributed by atoms with van der Waals surface area (Å²) in [5.41, 5.74) is 0.425. The molecule has 0 radical (unpaired) electrons. The van der Waals surface area contributed by atoms with Crippen LogP contribution in [0.5, 0.6) is 0 Å². The van der Waals surface area contributed by atoms with Gasteiger partial charge in [0.05, 0.1) is 11.1 Å². The summed E-state index contributed by atoms with van der Waals surface area (Å²) in [6, 6.07) is 9.35. The Morgan fingerprint density at radius 2 is 1.81 bits per heavy atom.